The van der Waals surface area contributed by atoms with Crippen LogP contribution in [0.1, 0.15) is 5.56 Å². The molecule has 0 bridgehead atoms. The highest BCUT2D eigenvalue weighted by Crippen LogP contribution is 2.34. The van der Waals surface area contributed by atoms with Crippen molar-refractivity contribution in [2.24, 2.45) is 5.10 Å². The van der Waals surface area contributed by atoms with Gasteiger partial charge in [0.05, 0.1) is 18.4 Å². The molecule has 0 saturated carbocycles. The number of nitrogens with zero attached hydrogens (tertiary/aromatic N) is 4. The minimum absolute atomic E-state index is 0.149. The number of anilines is 1. The van der Waals surface area contributed by atoms with E-state index in [-0.39, 0.29) is 22.0 Å². The lowest BCUT2D eigenvalue weighted by atomic mass is 10.2. The first kappa shape index (κ1) is 13.3. The predicted octanol–water partition coefficient (Wildman–Crippen LogP) is 2.04. The summed E-state index contributed by atoms with van der Waals surface area (Å²) < 4.78 is 4.98. The Hall–Kier alpha value is -2.75. The highest BCUT2D eigenvalue weighted by atomic mass is 35.5. The molecule has 0 aliphatic rings. The zero-order chi connectivity index (χ0) is 13.5. The second-order valence-electron chi connectivity index (χ2n) is 2.91. The second kappa shape index (κ2) is 6.10. The fourth-order valence-corrected chi connectivity index (χ4v) is 1.39. The topological polar surface area (TPSA) is 105 Å². The van der Waals surface area contributed by atoms with Crippen molar-refractivity contribution in [2.75, 3.05) is 12.5 Å². The summed E-state index contributed by atoms with van der Waals surface area (Å²) in [7, 11) is 1.43. The molecule has 88 valence electrons. The van der Waals surface area contributed by atoms with Gasteiger partial charge < -0.3 is 4.74 Å². The van der Waals surface area contributed by atoms with Gasteiger partial charge in [0.2, 0.25) is 5.71 Å². The summed E-state index contributed by atoms with van der Waals surface area (Å²) in [6.07, 6.45) is 0. The molecule has 0 saturated heterocycles. The van der Waals surface area contributed by atoms with E-state index in [1.807, 2.05) is 6.07 Å². The van der Waals surface area contributed by atoms with Gasteiger partial charge in [-0.3, -0.25) is 5.43 Å². The fraction of sp³-hybridized carbons (Fsp3) is 0.0909. The van der Waals surface area contributed by atoms with Crippen LogP contribution in [-0.4, -0.2) is 12.8 Å². The first-order chi connectivity index (χ1) is 8.67. The van der Waals surface area contributed by atoms with Crippen LogP contribution in [0.5, 0.6) is 5.75 Å². The highest BCUT2D eigenvalue weighted by Gasteiger charge is 2.12. The number of methoxy groups -OCH3 is 1. The third kappa shape index (κ3) is 2.68. The molecule has 1 rings (SSSR count). The molecule has 0 spiro atoms. The molecule has 0 unspecified atom stereocenters. The van der Waals surface area contributed by atoms with Gasteiger partial charge in [-0.05, 0) is 12.1 Å². The molecule has 1 aromatic carbocycles. The van der Waals surface area contributed by atoms with Crippen molar-refractivity contribution in [3.05, 3.63) is 22.7 Å². The molecule has 18 heavy (non-hydrogen) atoms. The number of ether oxygens (including phenoxy) is 1. The van der Waals surface area contributed by atoms with E-state index in [1.54, 1.807) is 12.1 Å². The van der Waals surface area contributed by atoms with E-state index in [4.69, 9.17) is 32.1 Å². The van der Waals surface area contributed by atoms with Crippen LogP contribution in [-0.2, 0) is 0 Å². The molecule has 0 radical (unpaired) electrons. The standard InChI is InChI=1S/C11H6ClN5O/c1-18-9-3-2-7(4-13)11(10(9)12)17-16-8(5-14)6-15/h2-3,17H,1H3. The van der Waals surface area contributed by atoms with Gasteiger partial charge in [-0.25, -0.2) is 0 Å². The van der Waals surface area contributed by atoms with Crippen molar-refractivity contribution in [1.29, 1.82) is 15.8 Å². The van der Waals surface area contributed by atoms with Crippen molar-refractivity contribution in [3.8, 4) is 24.0 Å². The molecule has 0 aromatic heterocycles. The van der Waals surface area contributed by atoms with Gasteiger partial charge in [0.1, 0.15) is 29.0 Å². The molecule has 0 amide bonds. The van der Waals surface area contributed by atoms with E-state index >= 15 is 0 Å². The zero-order valence-corrected chi connectivity index (χ0v) is 9.99. The number of hydrogen-bond acceptors (Lipinski definition) is 6. The molecule has 1 aromatic rings. The summed E-state index contributed by atoms with van der Waals surface area (Å²) in [6.45, 7) is 0. The van der Waals surface area contributed by atoms with E-state index in [0.717, 1.165) is 0 Å². The highest BCUT2D eigenvalue weighted by molar-refractivity contribution is 6.35. The van der Waals surface area contributed by atoms with E-state index in [2.05, 4.69) is 10.5 Å². The van der Waals surface area contributed by atoms with Crippen molar-refractivity contribution in [2.45, 2.75) is 0 Å². The first-order valence-electron chi connectivity index (χ1n) is 4.58. The van der Waals surface area contributed by atoms with Crippen LogP contribution in [0.15, 0.2) is 17.2 Å². The Balaban J connectivity index is 3.24. The van der Waals surface area contributed by atoms with Crippen LogP contribution < -0.4 is 10.2 Å². The van der Waals surface area contributed by atoms with Crippen LogP contribution in [0.4, 0.5) is 5.69 Å². The van der Waals surface area contributed by atoms with Gasteiger partial charge in [-0.15, -0.1) is 0 Å². The molecule has 1 N–H and O–H groups in total. The Labute approximate surface area is 108 Å². The molecule has 0 atom stereocenters. The van der Waals surface area contributed by atoms with Crippen LogP contribution in [0, 0.1) is 34.0 Å². The number of nitrogens with one attached hydrogen (secondary N) is 1. The third-order valence-corrected chi connectivity index (χ3v) is 2.31. The van der Waals surface area contributed by atoms with Gasteiger partial charge in [0, 0.05) is 0 Å². The van der Waals surface area contributed by atoms with Crippen LogP contribution in [0.25, 0.3) is 0 Å². The minimum atomic E-state index is -0.377. The summed E-state index contributed by atoms with van der Waals surface area (Å²) in [5.74, 6) is 0.351. The maximum Gasteiger partial charge on any atom is 0.237 e. The Kier molecular flexibility index (Phi) is 4.51. The third-order valence-electron chi connectivity index (χ3n) is 1.94. The normalized spacial score (nSPS) is 8.39. The summed E-state index contributed by atoms with van der Waals surface area (Å²) in [6, 6.07) is 8.08. The van der Waals surface area contributed by atoms with Gasteiger partial charge >= 0.3 is 0 Å². The molecule has 0 aliphatic carbocycles. The minimum Gasteiger partial charge on any atom is -0.495 e. The number of hydrogen-bond donors (Lipinski definition) is 1. The van der Waals surface area contributed by atoms with Crippen molar-refractivity contribution >= 4 is 23.0 Å². The monoisotopic (exact) mass is 259 g/mol. The summed E-state index contributed by atoms with van der Waals surface area (Å²) in [5.41, 5.74) is 2.44. The number of halogens is 1. The molecule has 7 heteroatoms. The van der Waals surface area contributed by atoms with Crippen molar-refractivity contribution in [3.63, 3.8) is 0 Å². The fourth-order valence-electron chi connectivity index (χ4n) is 1.10. The smallest absolute Gasteiger partial charge is 0.237 e. The molecule has 6 nitrogen and oxygen atoms in total. The van der Waals surface area contributed by atoms with Crippen LogP contribution in [0.2, 0.25) is 5.02 Å². The average molecular weight is 260 g/mol. The first-order valence-corrected chi connectivity index (χ1v) is 4.96. The van der Waals surface area contributed by atoms with E-state index in [0.29, 0.717) is 5.75 Å². The SMILES string of the molecule is COc1ccc(C#N)c(NN=C(C#N)C#N)c1Cl. The number of hydrazone groups is 1. The molecule has 0 heterocycles. The lowest BCUT2D eigenvalue weighted by Gasteiger charge is -2.09. The average Bonchev–Trinajstić information content (AvgIpc) is 2.41. The van der Waals surface area contributed by atoms with E-state index in [1.165, 1.54) is 19.2 Å². The van der Waals surface area contributed by atoms with Gasteiger partial charge in [-0.2, -0.15) is 20.9 Å². The van der Waals surface area contributed by atoms with Gasteiger partial charge in [0.25, 0.3) is 0 Å². The summed E-state index contributed by atoms with van der Waals surface area (Å²) in [5, 5.41) is 29.7. The number of benzene rings is 1. The van der Waals surface area contributed by atoms with Crippen LogP contribution in [0.3, 0.4) is 0 Å². The maximum atomic E-state index is 8.92. The Bertz CT molecular complexity index is 602. The Morgan fingerprint density at radius 2 is 2.00 bits per heavy atom. The number of nitriles is 3. The van der Waals surface area contributed by atoms with Gasteiger partial charge in [-0.1, -0.05) is 11.6 Å². The molecule has 0 aliphatic heterocycles. The zero-order valence-electron chi connectivity index (χ0n) is 9.23. The van der Waals surface area contributed by atoms with Crippen LogP contribution >= 0.6 is 11.6 Å². The molecular formula is C11H6ClN5O. The molecular weight excluding hydrogens is 254 g/mol. The largest absolute Gasteiger partial charge is 0.495 e. The molecule has 0 fully saturated rings. The summed E-state index contributed by atoms with van der Waals surface area (Å²) >= 11 is 5.99. The van der Waals surface area contributed by atoms with Gasteiger partial charge in [0.15, 0.2) is 0 Å². The quantitative estimate of drug-likeness (QED) is 0.660. The Morgan fingerprint density at radius 3 is 2.50 bits per heavy atom. The van der Waals surface area contributed by atoms with Crippen molar-refractivity contribution < 1.29 is 4.74 Å². The van der Waals surface area contributed by atoms with Crippen molar-refractivity contribution in [1.82, 2.24) is 0 Å². The second-order valence-corrected chi connectivity index (χ2v) is 3.29. The predicted molar refractivity (Wildman–Crippen MR) is 65.0 cm³/mol. The van der Waals surface area contributed by atoms with E-state index < -0.39 is 0 Å². The number of rotatable bonds is 3. The lowest BCUT2D eigenvalue weighted by molar-refractivity contribution is 0.415. The lowest BCUT2D eigenvalue weighted by Crippen LogP contribution is -2.00. The maximum absolute atomic E-state index is 8.92. The summed E-state index contributed by atoms with van der Waals surface area (Å²) in [4.78, 5) is 0. The van der Waals surface area contributed by atoms with E-state index in [9.17, 15) is 0 Å². The Morgan fingerprint density at radius 1 is 1.33 bits per heavy atom.